The number of benzene rings is 2. The molecule has 2 aromatic carbocycles. The van der Waals surface area contributed by atoms with Gasteiger partial charge in [-0.3, -0.25) is 0 Å². The maximum atomic E-state index is 6.33. The van der Waals surface area contributed by atoms with Gasteiger partial charge in [0, 0.05) is 26.2 Å². The van der Waals surface area contributed by atoms with Gasteiger partial charge in [0.1, 0.15) is 24.7 Å². The molecular formula is C28H33ClN6O3. The fourth-order valence-corrected chi connectivity index (χ4v) is 4.80. The van der Waals surface area contributed by atoms with Gasteiger partial charge in [-0.2, -0.15) is 9.97 Å². The lowest BCUT2D eigenvalue weighted by atomic mass is 10.2. The van der Waals surface area contributed by atoms with Crippen LogP contribution in [0.1, 0.15) is 37.3 Å². The number of hydrogen-bond donors (Lipinski definition) is 2. The zero-order valence-corrected chi connectivity index (χ0v) is 22.3. The van der Waals surface area contributed by atoms with E-state index >= 15 is 0 Å². The van der Waals surface area contributed by atoms with Gasteiger partial charge in [0.2, 0.25) is 5.28 Å². The van der Waals surface area contributed by atoms with Crippen LogP contribution in [-0.2, 0) is 11.3 Å². The minimum atomic E-state index is 0.186. The number of methoxy groups -OCH3 is 1. The van der Waals surface area contributed by atoms with Crippen molar-refractivity contribution in [1.82, 2.24) is 24.8 Å². The number of halogens is 1. The monoisotopic (exact) mass is 536 g/mol. The van der Waals surface area contributed by atoms with Crippen LogP contribution in [0, 0.1) is 0 Å². The second-order valence-corrected chi connectivity index (χ2v) is 9.59. The molecule has 2 N–H and O–H groups in total. The molecule has 5 rings (SSSR count). The van der Waals surface area contributed by atoms with Crippen LogP contribution in [0.2, 0.25) is 5.28 Å². The molecule has 10 heteroatoms. The van der Waals surface area contributed by atoms with Gasteiger partial charge in [0.15, 0.2) is 17.0 Å². The van der Waals surface area contributed by atoms with E-state index < -0.39 is 0 Å². The molecule has 9 nitrogen and oxygen atoms in total. The lowest BCUT2D eigenvalue weighted by molar-refractivity contribution is 0.197. The average molecular weight is 537 g/mol. The fourth-order valence-electron chi connectivity index (χ4n) is 4.63. The van der Waals surface area contributed by atoms with E-state index in [0.717, 1.165) is 48.6 Å². The summed E-state index contributed by atoms with van der Waals surface area (Å²) in [5, 5.41) is 6.82. The van der Waals surface area contributed by atoms with E-state index in [-0.39, 0.29) is 5.28 Å². The first-order valence-electron chi connectivity index (χ1n) is 13.0. The molecule has 2 aromatic heterocycles. The summed E-state index contributed by atoms with van der Waals surface area (Å²) in [5.41, 5.74) is 3.26. The van der Waals surface area contributed by atoms with E-state index in [1.807, 2.05) is 54.9 Å². The Morgan fingerprint density at radius 3 is 2.58 bits per heavy atom. The molecule has 0 amide bonds. The summed E-state index contributed by atoms with van der Waals surface area (Å²) in [4.78, 5) is 13.6. The van der Waals surface area contributed by atoms with E-state index in [2.05, 4.69) is 30.2 Å². The Morgan fingerprint density at radius 2 is 1.76 bits per heavy atom. The first kappa shape index (κ1) is 26.2. The van der Waals surface area contributed by atoms with Crippen LogP contribution in [0.25, 0.3) is 11.2 Å². The number of nitrogens with one attached hydrogen (secondary N) is 2. The lowest BCUT2D eigenvalue weighted by Gasteiger charge is -2.14. The van der Waals surface area contributed by atoms with Crippen molar-refractivity contribution < 1.29 is 14.2 Å². The molecule has 0 saturated heterocycles. The Bertz CT molecular complexity index is 1320. The second kappa shape index (κ2) is 12.9. The molecule has 0 aliphatic heterocycles. The molecule has 1 saturated carbocycles. The number of imidazole rings is 1. The minimum Gasteiger partial charge on any atom is -0.492 e. The van der Waals surface area contributed by atoms with E-state index in [0.29, 0.717) is 42.9 Å². The number of ether oxygens (including phenoxy) is 3. The second-order valence-electron chi connectivity index (χ2n) is 9.25. The normalized spacial score (nSPS) is 13.7. The van der Waals surface area contributed by atoms with Crippen molar-refractivity contribution in [3.05, 3.63) is 65.7 Å². The van der Waals surface area contributed by atoms with Gasteiger partial charge in [-0.1, -0.05) is 37.1 Å². The average Bonchev–Trinajstić information content (AvgIpc) is 3.61. The SMILES string of the molecule is COCCNCCOc1ccc(COc2ccccc2Nc2nc(Cl)nc3c2ncn3C2CCCC2)cc1. The Balaban J connectivity index is 1.22. The molecule has 0 radical (unpaired) electrons. The summed E-state index contributed by atoms with van der Waals surface area (Å²) in [6.07, 6.45) is 6.56. The zero-order chi connectivity index (χ0) is 26.2. The predicted molar refractivity (Wildman–Crippen MR) is 149 cm³/mol. The van der Waals surface area contributed by atoms with Crippen LogP contribution >= 0.6 is 11.6 Å². The molecule has 1 aliphatic rings. The highest BCUT2D eigenvalue weighted by Crippen LogP contribution is 2.35. The molecule has 0 atom stereocenters. The lowest BCUT2D eigenvalue weighted by Crippen LogP contribution is -2.24. The van der Waals surface area contributed by atoms with Crippen LogP contribution in [0.3, 0.4) is 0 Å². The number of nitrogens with zero attached hydrogens (tertiary/aromatic N) is 4. The Hall–Kier alpha value is -3.40. The first-order chi connectivity index (χ1) is 18.7. The topological polar surface area (TPSA) is 95.3 Å². The summed E-state index contributed by atoms with van der Waals surface area (Å²) >= 11 is 6.33. The molecule has 200 valence electrons. The van der Waals surface area contributed by atoms with Crippen molar-refractivity contribution in [3.8, 4) is 11.5 Å². The highest BCUT2D eigenvalue weighted by atomic mass is 35.5. The molecule has 0 spiro atoms. The van der Waals surface area contributed by atoms with Crippen molar-refractivity contribution in [2.24, 2.45) is 0 Å². The van der Waals surface area contributed by atoms with E-state index in [1.165, 1.54) is 12.8 Å². The molecule has 1 fully saturated rings. The van der Waals surface area contributed by atoms with E-state index in [1.54, 1.807) is 7.11 Å². The molecule has 0 bridgehead atoms. The van der Waals surface area contributed by atoms with Crippen LogP contribution in [0.15, 0.2) is 54.9 Å². The maximum Gasteiger partial charge on any atom is 0.226 e. The molecule has 1 aliphatic carbocycles. The molecule has 4 aromatic rings. The van der Waals surface area contributed by atoms with E-state index in [9.17, 15) is 0 Å². The van der Waals surface area contributed by atoms with Gasteiger partial charge in [-0.05, 0) is 54.3 Å². The standard InChI is InChI=1S/C28H33ClN6O3/c1-36-16-14-30-15-17-37-22-12-10-20(11-13-22)18-38-24-9-5-4-8-23(24)32-26-25-27(34-28(29)33-26)35(19-31-25)21-6-2-3-7-21/h4-5,8-13,19,21,30H,2-3,6-7,14-18H2,1H3,(H,32,33,34). The Morgan fingerprint density at radius 1 is 0.974 bits per heavy atom. The van der Waals surface area contributed by atoms with Gasteiger partial charge >= 0.3 is 0 Å². The molecule has 2 heterocycles. The van der Waals surface area contributed by atoms with Gasteiger partial charge in [-0.15, -0.1) is 0 Å². The van der Waals surface area contributed by atoms with Gasteiger partial charge in [0.05, 0.1) is 18.6 Å². The summed E-state index contributed by atoms with van der Waals surface area (Å²) in [7, 11) is 1.69. The predicted octanol–water partition coefficient (Wildman–Crippen LogP) is 5.53. The highest BCUT2D eigenvalue weighted by Gasteiger charge is 2.22. The summed E-state index contributed by atoms with van der Waals surface area (Å²) in [6, 6.07) is 16.1. The summed E-state index contributed by atoms with van der Waals surface area (Å²) < 4.78 is 19.1. The number of hydrogen-bond acceptors (Lipinski definition) is 8. The van der Waals surface area contributed by atoms with Crippen LogP contribution < -0.4 is 20.1 Å². The maximum absolute atomic E-state index is 6.33. The number of rotatable bonds is 13. The van der Waals surface area contributed by atoms with Crippen molar-refractivity contribution in [3.63, 3.8) is 0 Å². The minimum absolute atomic E-state index is 0.186. The molecule has 38 heavy (non-hydrogen) atoms. The Kier molecular flexibility index (Phi) is 8.90. The Labute approximate surface area is 227 Å². The summed E-state index contributed by atoms with van der Waals surface area (Å²) in [5.74, 6) is 2.09. The van der Waals surface area contributed by atoms with Crippen molar-refractivity contribution >= 4 is 34.3 Å². The summed E-state index contributed by atoms with van der Waals surface area (Å²) in [6.45, 7) is 3.27. The van der Waals surface area contributed by atoms with Gasteiger partial charge in [0.25, 0.3) is 0 Å². The smallest absolute Gasteiger partial charge is 0.226 e. The molecule has 0 unspecified atom stereocenters. The van der Waals surface area contributed by atoms with Gasteiger partial charge < -0.3 is 29.4 Å². The van der Waals surface area contributed by atoms with Crippen molar-refractivity contribution in [2.75, 3.05) is 38.7 Å². The quantitative estimate of drug-likeness (QED) is 0.170. The molecular weight excluding hydrogens is 504 g/mol. The van der Waals surface area contributed by atoms with Crippen molar-refractivity contribution in [1.29, 1.82) is 0 Å². The zero-order valence-electron chi connectivity index (χ0n) is 21.5. The van der Waals surface area contributed by atoms with Crippen LogP contribution in [-0.4, -0.2) is 52.9 Å². The third kappa shape index (κ3) is 6.53. The highest BCUT2D eigenvalue weighted by molar-refractivity contribution is 6.28. The number of anilines is 2. The largest absolute Gasteiger partial charge is 0.492 e. The number of aromatic nitrogens is 4. The first-order valence-corrected chi connectivity index (χ1v) is 13.4. The van der Waals surface area contributed by atoms with Crippen LogP contribution in [0.4, 0.5) is 11.5 Å². The van der Waals surface area contributed by atoms with Crippen LogP contribution in [0.5, 0.6) is 11.5 Å². The third-order valence-electron chi connectivity index (χ3n) is 6.60. The number of fused-ring (bicyclic) bond motifs is 1. The van der Waals surface area contributed by atoms with Gasteiger partial charge in [-0.25, -0.2) is 4.98 Å². The van der Waals surface area contributed by atoms with E-state index in [4.69, 9.17) is 25.8 Å². The van der Waals surface area contributed by atoms with Crippen molar-refractivity contribution in [2.45, 2.75) is 38.3 Å². The fraction of sp³-hybridized carbons (Fsp3) is 0.393. The number of para-hydroxylation sites is 2. The third-order valence-corrected chi connectivity index (χ3v) is 6.77.